The molecule has 2 aromatic heterocycles. The van der Waals surface area contributed by atoms with Crippen molar-refractivity contribution >= 4 is 10.8 Å². The average Bonchev–Trinajstić information content (AvgIpc) is 3.80. The third-order valence-electron chi connectivity index (χ3n) is 8.77. The van der Waals surface area contributed by atoms with Crippen molar-refractivity contribution < 1.29 is 9.52 Å². The molecule has 1 unspecified atom stereocenters. The first-order valence-electron chi connectivity index (χ1n) is 14.9. The van der Waals surface area contributed by atoms with E-state index >= 15 is 0 Å². The molecule has 7 rings (SSSR count). The third-order valence-corrected chi connectivity index (χ3v) is 8.77. The summed E-state index contributed by atoms with van der Waals surface area (Å²) in [7, 11) is 0. The highest BCUT2D eigenvalue weighted by Gasteiger charge is 2.42. The summed E-state index contributed by atoms with van der Waals surface area (Å²) in [4.78, 5) is 9.00. The summed E-state index contributed by atoms with van der Waals surface area (Å²) in [5.41, 5.74) is 3.60. The van der Waals surface area contributed by atoms with Crippen LogP contribution in [0.25, 0.3) is 22.1 Å². The van der Waals surface area contributed by atoms with Gasteiger partial charge < -0.3 is 14.1 Å². The first kappa shape index (κ1) is 27.6. The summed E-state index contributed by atoms with van der Waals surface area (Å²) >= 11 is 0. The highest BCUT2D eigenvalue weighted by molar-refractivity contribution is 5.87. The number of hydrogen-bond acceptors (Lipinski definition) is 4. The van der Waals surface area contributed by atoms with Crippen LogP contribution < -0.4 is 0 Å². The van der Waals surface area contributed by atoms with E-state index in [1.165, 1.54) is 6.39 Å². The molecule has 1 atom stereocenters. The number of nitrogens with zero attached hydrogens (tertiary/aromatic N) is 3. The van der Waals surface area contributed by atoms with Gasteiger partial charge in [0, 0.05) is 11.8 Å². The number of aliphatic hydroxyl groups is 1. The molecule has 0 aliphatic carbocycles. The van der Waals surface area contributed by atoms with Crippen LogP contribution in [0, 0.1) is 5.92 Å². The van der Waals surface area contributed by atoms with Crippen LogP contribution in [0.2, 0.25) is 0 Å². The molecule has 2 heterocycles. The Morgan fingerprint density at radius 1 is 0.682 bits per heavy atom. The van der Waals surface area contributed by atoms with Crippen LogP contribution in [0.3, 0.4) is 0 Å². The Morgan fingerprint density at radius 3 is 1.80 bits per heavy atom. The molecular weight excluding hydrogens is 542 g/mol. The topological polar surface area (TPSA) is 64.1 Å². The predicted molar refractivity (Wildman–Crippen MR) is 174 cm³/mol. The summed E-state index contributed by atoms with van der Waals surface area (Å²) in [6.07, 6.45) is 7.03. The lowest BCUT2D eigenvalue weighted by Crippen LogP contribution is -2.37. The predicted octanol–water partition coefficient (Wildman–Crippen LogP) is 8.42. The number of imidazole rings is 1. The first-order chi connectivity index (χ1) is 21.5. The van der Waals surface area contributed by atoms with E-state index in [1.807, 2.05) is 56.7 Å². The van der Waals surface area contributed by atoms with E-state index < -0.39 is 11.1 Å². The second-order valence-corrected chi connectivity index (χ2v) is 11.5. The molecule has 0 aliphatic heterocycles. The van der Waals surface area contributed by atoms with Crippen molar-refractivity contribution in [2.75, 3.05) is 0 Å². The zero-order valence-corrected chi connectivity index (χ0v) is 24.7. The van der Waals surface area contributed by atoms with Gasteiger partial charge in [0.2, 0.25) is 0 Å². The maximum atomic E-state index is 12.6. The summed E-state index contributed by atoms with van der Waals surface area (Å²) < 4.78 is 7.65. The van der Waals surface area contributed by atoms with Gasteiger partial charge in [-0.1, -0.05) is 129 Å². The number of hydrogen-bond donors (Lipinski definition) is 1. The Balaban J connectivity index is 1.40. The van der Waals surface area contributed by atoms with Gasteiger partial charge in [-0.05, 0) is 51.1 Å². The fraction of sp³-hybridized carbons (Fsp3) is 0.128. The maximum absolute atomic E-state index is 12.6. The number of benzene rings is 5. The molecule has 216 valence electrons. The molecule has 0 fully saturated rings. The quantitative estimate of drug-likeness (QED) is 0.185. The summed E-state index contributed by atoms with van der Waals surface area (Å²) in [6.45, 7) is 4.07. The van der Waals surface area contributed by atoms with Crippen molar-refractivity contribution in [1.82, 2.24) is 14.5 Å². The Bertz CT molecular complexity index is 1900. The molecule has 5 nitrogen and oxygen atoms in total. The summed E-state index contributed by atoms with van der Waals surface area (Å²) in [6, 6.07) is 43.8. The Kier molecular flexibility index (Phi) is 6.96. The smallest absolute Gasteiger partial charge is 0.181 e. The van der Waals surface area contributed by atoms with Gasteiger partial charge in [-0.15, -0.1) is 0 Å². The molecule has 7 aromatic rings. The van der Waals surface area contributed by atoms with E-state index in [9.17, 15) is 5.11 Å². The van der Waals surface area contributed by atoms with Crippen molar-refractivity contribution in [3.8, 4) is 11.3 Å². The molecule has 1 N–H and O–H groups in total. The van der Waals surface area contributed by atoms with Crippen LogP contribution in [0.4, 0.5) is 0 Å². The number of aromatic nitrogens is 3. The van der Waals surface area contributed by atoms with Crippen molar-refractivity contribution in [2.45, 2.75) is 25.0 Å². The van der Waals surface area contributed by atoms with Gasteiger partial charge in [0.15, 0.2) is 12.2 Å². The van der Waals surface area contributed by atoms with Crippen LogP contribution in [0.15, 0.2) is 157 Å². The zero-order valence-electron chi connectivity index (χ0n) is 24.7. The second-order valence-electron chi connectivity index (χ2n) is 11.5. The second kappa shape index (κ2) is 11.1. The van der Waals surface area contributed by atoms with Gasteiger partial charge >= 0.3 is 0 Å². The van der Waals surface area contributed by atoms with Gasteiger partial charge in [0.1, 0.15) is 11.1 Å². The molecule has 44 heavy (non-hydrogen) atoms. The molecular formula is C39H33N3O2. The Morgan fingerprint density at radius 2 is 1.25 bits per heavy atom. The molecule has 0 aliphatic rings. The van der Waals surface area contributed by atoms with Crippen LogP contribution >= 0.6 is 0 Å². The van der Waals surface area contributed by atoms with E-state index in [2.05, 4.69) is 107 Å². The zero-order chi connectivity index (χ0) is 30.1. The van der Waals surface area contributed by atoms with E-state index in [1.54, 1.807) is 6.20 Å². The van der Waals surface area contributed by atoms with Gasteiger partial charge in [-0.3, -0.25) is 0 Å². The lowest BCUT2D eigenvalue weighted by atomic mass is 9.76. The third kappa shape index (κ3) is 4.45. The normalized spacial score (nSPS) is 13.3. The van der Waals surface area contributed by atoms with Crippen molar-refractivity contribution in [3.63, 3.8) is 0 Å². The molecule has 0 saturated carbocycles. The van der Waals surface area contributed by atoms with E-state index in [4.69, 9.17) is 9.40 Å². The Hall–Kier alpha value is -5.26. The van der Waals surface area contributed by atoms with Gasteiger partial charge in [-0.2, -0.15) is 0 Å². The van der Waals surface area contributed by atoms with E-state index in [0.717, 1.165) is 44.3 Å². The minimum atomic E-state index is -1.33. The summed E-state index contributed by atoms with van der Waals surface area (Å²) in [5, 5.41) is 14.7. The van der Waals surface area contributed by atoms with E-state index in [-0.39, 0.29) is 5.92 Å². The van der Waals surface area contributed by atoms with Crippen LogP contribution in [0.5, 0.6) is 0 Å². The lowest BCUT2D eigenvalue weighted by Gasteiger charge is -2.37. The van der Waals surface area contributed by atoms with Crippen molar-refractivity contribution in [1.29, 1.82) is 0 Å². The minimum absolute atomic E-state index is 0.156. The summed E-state index contributed by atoms with van der Waals surface area (Å²) in [5.74, 6) is 0.565. The van der Waals surface area contributed by atoms with Crippen LogP contribution in [-0.4, -0.2) is 19.6 Å². The lowest BCUT2D eigenvalue weighted by molar-refractivity contribution is 0.0279. The fourth-order valence-electron chi connectivity index (χ4n) is 6.46. The van der Waals surface area contributed by atoms with Gasteiger partial charge in [0.25, 0.3) is 0 Å². The SMILES string of the molecule is CC(C)C(O)(c1ccc2cc(-c3cnco3)ccc2c1)c1cn(C(c2ccccc2)(c2ccccc2)c2ccccc2)cn1. The number of fused-ring (bicyclic) bond motifs is 1. The standard InChI is InChI=1S/C39H33N3O2/c1-28(2)39(43,35-21-20-29-22-31(19-18-30(29)23-35)36-24-40-27-44-36)37-25-42(26-41-37)38(32-12-6-3-7-13-32,33-14-8-4-9-15-33)34-16-10-5-11-17-34/h3-28,43H,1-2H3. The molecule has 0 amide bonds. The fourth-order valence-corrected chi connectivity index (χ4v) is 6.46. The van der Waals surface area contributed by atoms with Gasteiger partial charge in [-0.25, -0.2) is 9.97 Å². The van der Waals surface area contributed by atoms with Crippen LogP contribution in [-0.2, 0) is 11.1 Å². The van der Waals surface area contributed by atoms with Crippen molar-refractivity contribution in [3.05, 3.63) is 180 Å². The first-order valence-corrected chi connectivity index (χ1v) is 14.9. The monoisotopic (exact) mass is 575 g/mol. The number of oxazole rings is 1. The molecule has 0 spiro atoms. The Labute approximate surface area is 257 Å². The highest BCUT2D eigenvalue weighted by atomic mass is 16.3. The molecule has 0 radical (unpaired) electrons. The largest absolute Gasteiger partial charge is 0.444 e. The number of rotatable bonds is 8. The molecule has 5 heteroatoms. The van der Waals surface area contributed by atoms with Crippen LogP contribution in [0.1, 0.15) is 41.8 Å². The molecule has 0 bridgehead atoms. The molecule has 0 saturated heterocycles. The molecule has 5 aromatic carbocycles. The van der Waals surface area contributed by atoms with E-state index in [0.29, 0.717) is 5.69 Å². The maximum Gasteiger partial charge on any atom is 0.181 e. The van der Waals surface area contributed by atoms with Crippen molar-refractivity contribution in [2.24, 2.45) is 5.92 Å². The minimum Gasteiger partial charge on any atom is -0.444 e. The highest BCUT2D eigenvalue weighted by Crippen LogP contribution is 2.43. The average molecular weight is 576 g/mol. The van der Waals surface area contributed by atoms with Gasteiger partial charge in [0.05, 0.1) is 18.2 Å².